The summed E-state index contributed by atoms with van der Waals surface area (Å²) in [6, 6.07) is 11.1. The Kier molecular flexibility index (Phi) is 4.75. The van der Waals surface area contributed by atoms with Crippen molar-refractivity contribution in [3.05, 3.63) is 70.8 Å². The number of hydrogen-bond donors (Lipinski definition) is 3. The molecule has 0 amide bonds. The highest BCUT2D eigenvalue weighted by Gasteiger charge is 2.35. The van der Waals surface area contributed by atoms with Crippen LogP contribution in [0.3, 0.4) is 0 Å². The lowest BCUT2D eigenvalue weighted by Crippen LogP contribution is -2.53. The van der Waals surface area contributed by atoms with Crippen LogP contribution >= 0.6 is 0 Å². The van der Waals surface area contributed by atoms with Crippen molar-refractivity contribution in [2.45, 2.75) is 25.8 Å². The molecule has 8 nitrogen and oxygen atoms in total. The first-order valence-electron chi connectivity index (χ1n) is 12.4. The van der Waals surface area contributed by atoms with Gasteiger partial charge in [-0.2, -0.15) is 0 Å². The molecule has 0 unspecified atom stereocenters. The monoisotopic (exact) mass is 483 g/mol. The molecule has 0 radical (unpaired) electrons. The normalized spacial score (nSPS) is 21.4. The predicted octanol–water partition coefficient (Wildman–Crippen LogP) is 4.21. The number of aromatic nitrogens is 5. The summed E-state index contributed by atoms with van der Waals surface area (Å²) in [5.41, 5.74) is 3.29. The number of para-hydroxylation sites is 2. The molecule has 182 valence electrons. The van der Waals surface area contributed by atoms with Crippen LogP contribution < -0.4 is 10.9 Å². The van der Waals surface area contributed by atoms with Crippen LogP contribution in [0, 0.1) is 18.7 Å². The molecule has 3 N–H and O–H groups in total. The maximum absolute atomic E-state index is 15.6. The molecule has 3 aliphatic rings. The van der Waals surface area contributed by atoms with Crippen LogP contribution in [0.5, 0.6) is 0 Å². The van der Waals surface area contributed by atoms with Crippen molar-refractivity contribution in [2.75, 3.05) is 25.0 Å². The van der Waals surface area contributed by atoms with Crippen molar-refractivity contribution < 1.29 is 4.39 Å². The Labute approximate surface area is 206 Å². The minimum absolute atomic E-state index is 0.180. The third-order valence-corrected chi connectivity index (χ3v) is 7.78. The van der Waals surface area contributed by atoms with E-state index in [-0.39, 0.29) is 17.4 Å². The third kappa shape index (κ3) is 3.34. The number of piperidine rings is 3. The lowest BCUT2D eigenvalue weighted by atomic mass is 9.83. The van der Waals surface area contributed by atoms with Gasteiger partial charge >= 0.3 is 0 Å². The van der Waals surface area contributed by atoms with E-state index in [0.717, 1.165) is 43.5 Å². The van der Waals surface area contributed by atoms with E-state index in [9.17, 15) is 4.79 Å². The fourth-order valence-corrected chi connectivity index (χ4v) is 5.88. The molecular weight excluding hydrogens is 457 g/mol. The molecular formula is C27H26FN7O. The Morgan fingerprint density at radius 2 is 1.94 bits per heavy atom. The van der Waals surface area contributed by atoms with Gasteiger partial charge in [0.15, 0.2) is 0 Å². The van der Waals surface area contributed by atoms with Gasteiger partial charge in [0.1, 0.15) is 23.0 Å². The van der Waals surface area contributed by atoms with Crippen LogP contribution in [-0.4, -0.2) is 55.1 Å². The molecule has 5 aromatic rings. The number of H-pyrrole nitrogens is 2. The molecule has 6 heterocycles. The maximum atomic E-state index is 15.6. The number of aryl methyl sites for hydroxylation is 1. The summed E-state index contributed by atoms with van der Waals surface area (Å²) < 4.78 is 17.3. The number of aromatic amines is 2. The highest BCUT2D eigenvalue weighted by Crippen LogP contribution is 2.37. The molecule has 8 rings (SSSR count). The minimum atomic E-state index is -0.386. The van der Waals surface area contributed by atoms with E-state index in [4.69, 9.17) is 4.98 Å². The Morgan fingerprint density at radius 3 is 2.67 bits per heavy atom. The van der Waals surface area contributed by atoms with Gasteiger partial charge in [-0.25, -0.2) is 14.4 Å². The number of anilines is 1. The van der Waals surface area contributed by atoms with Crippen molar-refractivity contribution >= 4 is 27.6 Å². The molecule has 0 aliphatic carbocycles. The summed E-state index contributed by atoms with van der Waals surface area (Å²) >= 11 is 0. The van der Waals surface area contributed by atoms with Crippen LogP contribution in [0.2, 0.25) is 0 Å². The molecule has 0 saturated carbocycles. The number of fused-ring (bicyclic) bond motifs is 5. The smallest absolute Gasteiger partial charge is 0.261 e. The topological polar surface area (TPSA) is 94.6 Å². The number of hydrogen-bond acceptors (Lipinski definition) is 5. The highest BCUT2D eigenvalue weighted by molar-refractivity contribution is 6.00. The molecule has 0 spiro atoms. The summed E-state index contributed by atoms with van der Waals surface area (Å²) in [4.78, 5) is 31.3. The third-order valence-electron chi connectivity index (χ3n) is 7.78. The van der Waals surface area contributed by atoms with Gasteiger partial charge in [-0.15, -0.1) is 0 Å². The van der Waals surface area contributed by atoms with E-state index in [2.05, 4.69) is 25.2 Å². The first-order valence-corrected chi connectivity index (χ1v) is 12.4. The fraction of sp³-hybridized carbons (Fsp3) is 0.296. The number of halogens is 1. The van der Waals surface area contributed by atoms with Crippen molar-refractivity contribution in [1.29, 1.82) is 0 Å². The second kappa shape index (κ2) is 8.03. The lowest BCUT2D eigenvalue weighted by molar-refractivity contribution is 0.0976. The molecule has 1 atom stereocenters. The average Bonchev–Trinajstić information content (AvgIpc) is 3.51. The van der Waals surface area contributed by atoms with E-state index < -0.39 is 0 Å². The molecule has 36 heavy (non-hydrogen) atoms. The van der Waals surface area contributed by atoms with Gasteiger partial charge in [0, 0.05) is 30.4 Å². The van der Waals surface area contributed by atoms with Gasteiger partial charge in [0.2, 0.25) is 0 Å². The fourth-order valence-electron chi connectivity index (χ4n) is 5.88. The van der Waals surface area contributed by atoms with Crippen LogP contribution in [0.15, 0.2) is 53.6 Å². The van der Waals surface area contributed by atoms with Gasteiger partial charge in [0.25, 0.3) is 5.56 Å². The number of nitrogens with one attached hydrogen (secondary N) is 3. The quantitative estimate of drug-likeness (QED) is 0.356. The molecule has 3 aliphatic heterocycles. The highest BCUT2D eigenvalue weighted by atomic mass is 19.1. The van der Waals surface area contributed by atoms with Crippen LogP contribution in [0.25, 0.3) is 39.0 Å². The summed E-state index contributed by atoms with van der Waals surface area (Å²) in [5.74, 6) is 1.27. The summed E-state index contributed by atoms with van der Waals surface area (Å²) in [7, 11) is 0. The van der Waals surface area contributed by atoms with Crippen molar-refractivity contribution in [3.8, 4) is 17.1 Å². The van der Waals surface area contributed by atoms with Gasteiger partial charge in [-0.1, -0.05) is 12.1 Å². The largest absolute Gasteiger partial charge is 0.379 e. The second-order valence-electron chi connectivity index (χ2n) is 9.89. The average molecular weight is 484 g/mol. The number of nitrogens with zero attached hydrogens (tertiary/aromatic N) is 4. The van der Waals surface area contributed by atoms with Gasteiger partial charge in [0.05, 0.1) is 27.9 Å². The lowest BCUT2D eigenvalue weighted by Gasteiger charge is -2.45. The van der Waals surface area contributed by atoms with E-state index in [1.54, 1.807) is 23.0 Å². The van der Waals surface area contributed by atoms with E-state index in [0.29, 0.717) is 45.4 Å². The van der Waals surface area contributed by atoms with E-state index in [1.165, 1.54) is 6.07 Å². The van der Waals surface area contributed by atoms with Crippen molar-refractivity contribution in [2.24, 2.45) is 5.92 Å². The maximum Gasteiger partial charge on any atom is 0.261 e. The second-order valence-corrected chi connectivity index (χ2v) is 9.89. The molecule has 2 bridgehead atoms. The summed E-state index contributed by atoms with van der Waals surface area (Å²) in [6.45, 7) is 4.94. The molecule has 9 heteroatoms. The number of rotatable bonds is 4. The first kappa shape index (κ1) is 21.3. The number of benzene rings is 2. The zero-order chi connectivity index (χ0) is 24.4. The van der Waals surface area contributed by atoms with Crippen LogP contribution in [-0.2, 0) is 0 Å². The molecule has 3 saturated heterocycles. The SMILES string of the molecule is Cc1nccn1-c1cc2[nH]c(=O)c(-c3nc4ccccc4[nH]3)c(N[C@@H]3CN4CCC3CC4)c2cc1F. The Hall–Kier alpha value is -3.98. The first-order chi connectivity index (χ1) is 17.5. The number of imidazole rings is 2. The van der Waals surface area contributed by atoms with Crippen LogP contribution in [0.1, 0.15) is 18.7 Å². The molecule has 3 fully saturated rings. The van der Waals surface area contributed by atoms with E-state index >= 15 is 4.39 Å². The zero-order valence-electron chi connectivity index (χ0n) is 19.9. The Balaban J connectivity index is 1.45. The zero-order valence-corrected chi connectivity index (χ0v) is 19.9. The minimum Gasteiger partial charge on any atom is -0.379 e. The molecule has 2 aromatic carbocycles. The van der Waals surface area contributed by atoms with Crippen molar-refractivity contribution in [1.82, 2.24) is 29.4 Å². The summed E-state index contributed by atoms with van der Waals surface area (Å²) in [5, 5.41) is 4.32. The van der Waals surface area contributed by atoms with Gasteiger partial charge < -0.3 is 24.8 Å². The van der Waals surface area contributed by atoms with Gasteiger partial charge in [-0.3, -0.25) is 4.79 Å². The predicted molar refractivity (Wildman–Crippen MR) is 138 cm³/mol. The Bertz CT molecular complexity index is 1640. The standard InChI is InChI=1S/C27H26FN7O/c1-15-29-8-11-35(15)23-13-21-17(12-18(23)28)25(30-22-14-34-9-6-16(22)7-10-34)24(27(36)33-21)26-31-19-4-2-3-5-20(19)32-26/h2-5,8,11-13,16,22H,6-7,9-10,14H2,1H3,(H,31,32)(H2,30,33,36)/t22-/m1/s1. The van der Waals surface area contributed by atoms with Crippen LogP contribution in [0.4, 0.5) is 10.1 Å². The number of pyridine rings is 1. The van der Waals surface area contributed by atoms with Gasteiger partial charge in [-0.05, 0) is 63.0 Å². The molecule has 3 aromatic heterocycles. The Morgan fingerprint density at radius 1 is 1.11 bits per heavy atom. The van der Waals surface area contributed by atoms with E-state index in [1.807, 2.05) is 31.2 Å². The van der Waals surface area contributed by atoms with Crippen molar-refractivity contribution in [3.63, 3.8) is 0 Å². The summed E-state index contributed by atoms with van der Waals surface area (Å²) in [6.07, 6.45) is 5.59.